The quantitative estimate of drug-likeness (QED) is 0.875. The van der Waals surface area contributed by atoms with Crippen LogP contribution in [0.2, 0.25) is 0 Å². The van der Waals surface area contributed by atoms with E-state index < -0.39 is 0 Å². The smallest absolute Gasteiger partial charge is 0.0175 e. The molecule has 1 saturated carbocycles. The van der Waals surface area contributed by atoms with E-state index in [0.717, 1.165) is 11.8 Å². The summed E-state index contributed by atoms with van der Waals surface area (Å²) in [6.45, 7) is 2.13. The van der Waals surface area contributed by atoms with Crippen molar-refractivity contribution in [3.8, 4) is 0 Å². The second-order valence-electron chi connectivity index (χ2n) is 5.48. The predicted octanol–water partition coefficient (Wildman–Crippen LogP) is 4.46. The summed E-state index contributed by atoms with van der Waals surface area (Å²) in [7, 11) is 0. The lowest BCUT2D eigenvalue weighted by atomic mass is 9.77. The van der Waals surface area contributed by atoms with Crippen molar-refractivity contribution < 1.29 is 0 Å². The Morgan fingerprint density at radius 3 is 2.29 bits per heavy atom. The summed E-state index contributed by atoms with van der Waals surface area (Å²) < 4.78 is 1.17. The molecule has 0 aliphatic heterocycles. The van der Waals surface area contributed by atoms with E-state index in [1.54, 1.807) is 0 Å². The number of hydrogen-bond acceptors (Lipinski definition) is 1. The van der Waals surface area contributed by atoms with Gasteiger partial charge in [0.25, 0.3) is 0 Å². The van der Waals surface area contributed by atoms with Gasteiger partial charge >= 0.3 is 0 Å². The van der Waals surface area contributed by atoms with Gasteiger partial charge < -0.3 is 5.73 Å². The van der Waals surface area contributed by atoms with E-state index in [4.69, 9.17) is 5.73 Å². The van der Waals surface area contributed by atoms with Gasteiger partial charge in [-0.2, -0.15) is 0 Å². The topological polar surface area (TPSA) is 26.0 Å². The van der Waals surface area contributed by atoms with E-state index >= 15 is 0 Å². The van der Waals surface area contributed by atoms with Crippen LogP contribution in [0.15, 0.2) is 28.7 Å². The molecule has 1 aromatic carbocycles. The summed E-state index contributed by atoms with van der Waals surface area (Å²) in [5.41, 5.74) is 7.39. The largest absolute Gasteiger partial charge is 0.328 e. The monoisotopic (exact) mass is 295 g/mol. The van der Waals surface area contributed by atoms with E-state index in [9.17, 15) is 0 Å². The van der Waals surface area contributed by atoms with Crippen molar-refractivity contribution in [1.82, 2.24) is 0 Å². The van der Waals surface area contributed by atoms with E-state index in [1.165, 1.54) is 42.1 Å². The van der Waals surface area contributed by atoms with Crippen LogP contribution < -0.4 is 5.73 Å². The zero-order valence-corrected chi connectivity index (χ0v) is 12.1. The van der Waals surface area contributed by atoms with Crippen molar-refractivity contribution in [2.45, 2.75) is 51.0 Å². The van der Waals surface area contributed by atoms with Crippen LogP contribution in [0.5, 0.6) is 0 Å². The zero-order chi connectivity index (χ0) is 12.3. The first-order chi connectivity index (χ1) is 8.15. The minimum absolute atomic E-state index is 0.365. The molecule has 1 unspecified atom stereocenters. The van der Waals surface area contributed by atoms with Crippen molar-refractivity contribution in [1.29, 1.82) is 0 Å². The predicted molar refractivity (Wildman–Crippen MR) is 77.1 cm³/mol. The minimum Gasteiger partial charge on any atom is -0.328 e. The SMILES string of the molecule is CC(N)CC1CCC(c2ccc(Br)cc2)CC1. The van der Waals surface area contributed by atoms with Crippen molar-refractivity contribution in [2.75, 3.05) is 0 Å². The molecule has 2 N–H and O–H groups in total. The van der Waals surface area contributed by atoms with Gasteiger partial charge in [-0.25, -0.2) is 0 Å². The van der Waals surface area contributed by atoms with Crippen LogP contribution in [-0.4, -0.2) is 6.04 Å². The normalized spacial score (nSPS) is 26.8. The van der Waals surface area contributed by atoms with Gasteiger partial charge in [0.15, 0.2) is 0 Å². The van der Waals surface area contributed by atoms with Crippen LogP contribution in [0.25, 0.3) is 0 Å². The van der Waals surface area contributed by atoms with Gasteiger partial charge in [0.2, 0.25) is 0 Å². The fourth-order valence-corrected chi connectivity index (χ4v) is 3.26. The fraction of sp³-hybridized carbons (Fsp3) is 0.600. The first kappa shape index (κ1) is 13.1. The Bertz CT molecular complexity index is 336. The molecule has 0 aromatic heterocycles. The highest BCUT2D eigenvalue weighted by atomic mass is 79.9. The lowest BCUT2D eigenvalue weighted by molar-refractivity contribution is 0.297. The Hall–Kier alpha value is -0.340. The molecular weight excluding hydrogens is 274 g/mol. The van der Waals surface area contributed by atoms with Crippen molar-refractivity contribution >= 4 is 15.9 Å². The van der Waals surface area contributed by atoms with Crippen molar-refractivity contribution in [2.24, 2.45) is 11.7 Å². The fourth-order valence-electron chi connectivity index (χ4n) is 2.99. The maximum absolute atomic E-state index is 5.88. The van der Waals surface area contributed by atoms with Crippen LogP contribution in [0, 0.1) is 5.92 Å². The standard InChI is InChI=1S/C15H22BrN/c1-11(17)10-12-2-4-13(5-3-12)14-6-8-15(16)9-7-14/h6-9,11-13H,2-5,10,17H2,1H3. The molecular formula is C15H22BrN. The molecule has 0 heterocycles. The zero-order valence-electron chi connectivity index (χ0n) is 10.5. The molecule has 0 saturated heterocycles. The highest BCUT2D eigenvalue weighted by Gasteiger charge is 2.22. The molecule has 94 valence electrons. The Morgan fingerprint density at radius 2 is 1.76 bits per heavy atom. The van der Waals surface area contributed by atoms with Crippen molar-refractivity contribution in [3.05, 3.63) is 34.3 Å². The highest BCUT2D eigenvalue weighted by Crippen LogP contribution is 2.37. The molecule has 0 spiro atoms. The molecule has 1 aliphatic carbocycles. The maximum atomic E-state index is 5.88. The van der Waals surface area contributed by atoms with Crippen LogP contribution in [0.1, 0.15) is 50.5 Å². The molecule has 2 heteroatoms. The molecule has 1 fully saturated rings. The van der Waals surface area contributed by atoms with Crippen LogP contribution in [0.3, 0.4) is 0 Å². The lowest BCUT2D eigenvalue weighted by Gasteiger charge is -2.29. The van der Waals surface area contributed by atoms with E-state index in [1.807, 2.05) is 0 Å². The van der Waals surface area contributed by atoms with Crippen molar-refractivity contribution in [3.63, 3.8) is 0 Å². The minimum atomic E-state index is 0.365. The molecule has 0 amide bonds. The Labute approximate surface area is 113 Å². The number of rotatable bonds is 3. The Morgan fingerprint density at radius 1 is 1.18 bits per heavy atom. The van der Waals surface area contributed by atoms with Gasteiger partial charge in [0, 0.05) is 10.5 Å². The molecule has 0 radical (unpaired) electrons. The second kappa shape index (κ2) is 6.01. The van der Waals surface area contributed by atoms with Gasteiger partial charge in [-0.1, -0.05) is 28.1 Å². The Kier molecular flexibility index (Phi) is 4.63. The van der Waals surface area contributed by atoms with E-state index in [0.29, 0.717) is 6.04 Å². The summed E-state index contributed by atoms with van der Waals surface area (Å²) in [4.78, 5) is 0. The average molecular weight is 296 g/mol. The van der Waals surface area contributed by atoms with Gasteiger partial charge in [-0.15, -0.1) is 0 Å². The summed E-state index contributed by atoms with van der Waals surface area (Å²) in [5.74, 6) is 1.63. The van der Waals surface area contributed by atoms with Gasteiger partial charge in [-0.05, 0) is 68.6 Å². The van der Waals surface area contributed by atoms with Gasteiger partial charge in [0.1, 0.15) is 0 Å². The second-order valence-corrected chi connectivity index (χ2v) is 6.40. The summed E-state index contributed by atoms with van der Waals surface area (Å²) >= 11 is 3.49. The molecule has 1 nitrogen and oxygen atoms in total. The third kappa shape index (κ3) is 3.82. The van der Waals surface area contributed by atoms with Crippen LogP contribution in [0.4, 0.5) is 0 Å². The third-order valence-corrected chi connectivity index (χ3v) is 4.42. The molecule has 2 rings (SSSR count). The highest BCUT2D eigenvalue weighted by molar-refractivity contribution is 9.10. The maximum Gasteiger partial charge on any atom is 0.0175 e. The molecule has 0 bridgehead atoms. The number of benzene rings is 1. The molecule has 17 heavy (non-hydrogen) atoms. The van der Waals surface area contributed by atoms with E-state index in [-0.39, 0.29) is 0 Å². The van der Waals surface area contributed by atoms with E-state index in [2.05, 4.69) is 47.1 Å². The summed E-state index contributed by atoms with van der Waals surface area (Å²) in [6, 6.07) is 9.21. The van der Waals surface area contributed by atoms with Gasteiger partial charge in [-0.3, -0.25) is 0 Å². The van der Waals surface area contributed by atoms with Crippen LogP contribution in [-0.2, 0) is 0 Å². The molecule has 1 atom stereocenters. The molecule has 1 aromatic rings. The number of hydrogen-bond donors (Lipinski definition) is 1. The lowest BCUT2D eigenvalue weighted by Crippen LogP contribution is -2.22. The Balaban J connectivity index is 1.88. The summed E-state index contributed by atoms with van der Waals surface area (Å²) in [6.07, 6.45) is 6.57. The third-order valence-electron chi connectivity index (χ3n) is 3.89. The van der Waals surface area contributed by atoms with Crippen LogP contribution >= 0.6 is 15.9 Å². The first-order valence-electron chi connectivity index (χ1n) is 6.66. The number of nitrogens with two attached hydrogens (primary N) is 1. The first-order valence-corrected chi connectivity index (χ1v) is 7.45. The van der Waals surface area contributed by atoms with Gasteiger partial charge in [0.05, 0.1) is 0 Å². The average Bonchev–Trinajstić information content (AvgIpc) is 2.30. The summed E-state index contributed by atoms with van der Waals surface area (Å²) in [5, 5.41) is 0. The molecule has 1 aliphatic rings. The number of halogens is 1.